The third-order valence-corrected chi connectivity index (χ3v) is 3.37. The van der Waals surface area contributed by atoms with Gasteiger partial charge < -0.3 is 10.1 Å². The maximum absolute atomic E-state index is 5.40. The molecule has 1 aliphatic heterocycles. The molecule has 1 rings (SSSR count). The molecule has 1 aliphatic rings. The molecule has 1 fully saturated rings. The normalized spacial score (nSPS) is 21.5. The lowest BCUT2D eigenvalue weighted by Gasteiger charge is -2.25. The minimum atomic E-state index is 0.753. The van der Waals surface area contributed by atoms with Crippen LogP contribution in [0.4, 0.5) is 0 Å². The summed E-state index contributed by atoms with van der Waals surface area (Å²) >= 11 is 0. The first-order valence-electron chi connectivity index (χ1n) is 7.26. The standard InChI is InChI=1S/C14H30N2O/c1-4-17-10-6-9-16-8-5-7-14(16)12-15-11-13(2)3/h13-15H,4-12H2,1-3H3. The van der Waals surface area contributed by atoms with Crippen molar-refractivity contribution in [3.63, 3.8) is 0 Å². The van der Waals surface area contributed by atoms with Gasteiger partial charge >= 0.3 is 0 Å². The summed E-state index contributed by atoms with van der Waals surface area (Å²) in [6, 6.07) is 0.760. The van der Waals surface area contributed by atoms with Gasteiger partial charge in [-0.15, -0.1) is 0 Å². The van der Waals surface area contributed by atoms with Gasteiger partial charge in [0.05, 0.1) is 0 Å². The maximum atomic E-state index is 5.40. The van der Waals surface area contributed by atoms with Crippen molar-refractivity contribution in [1.29, 1.82) is 0 Å². The molecular weight excluding hydrogens is 212 g/mol. The molecule has 3 heteroatoms. The Balaban J connectivity index is 2.10. The molecule has 1 N–H and O–H groups in total. The lowest BCUT2D eigenvalue weighted by molar-refractivity contribution is 0.129. The van der Waals surface area contributed by atoms with E-state index in [0.717, 1.165) is 38.3 Å². The van der Waals surface area contributed by atoms with Gasteiger partial charge in [-0.2, -0.15) is 0 Å². The van der Waals surface area contributed by atoms with E-state index in [1.54, 1.807) is 0 Å². The zero-order valence-electron chi connectivity index (χ0n) is 11.9. The number of hydrogen-bond acceptors (Lipinski definition) is 3. The molecule has 0 aromatic rings. The van der Waals surface area contributed by atoms with Crippen molar-refractivity contribution in [2.45, 2.75) is 46.1 Å². The van der Waals surface area contributed by atoms with Crippen molar-refractivity contribution in [1.82, 2.24) is 10.2 Å². The van der Waals surface area contributed by atoms with Crippen LogP contribution in [0.2, 0.25) is 0 Å². The van der Waals surface area contributed by atoms with Crippen molar-refractivity contribution in [3.05, 3.63) is 0 Å². The van der Waals surface area contributed by atoms with Gasteiger partial charge in [-0.3, -0.25) is 4.90 Å². The number of likely N-dealkylation sites (tertiary alicyclic amines) is 1. The molecule has 102 valence electrons. The number of rotatable bonds is 9. The van der Waals surface area contributed by atoms with Crippen molar-refractivity contribution in [2.75, 3.05) is 39.4 Å². The molecule has 0 aliphatic carbocycles. The van der Waals surface area contributed by atoms with E-state index >= 15 is 0 Å². The molecule has 0 radical (unpaired) electrons. The minimum absolute atomic E-state index is 0.753. The Bertz CT molecular complexity index is 185. The van der Waals surface area contributed by atoms with Crippen LogP contribution in [0.25, 0.3) is 0 Å². The highest BCUT2D eigenvalue weighted by molar-refractivity contribution is 4.80. The SMILES string of the molecule is CCOCCCN1CCCC1CNCC(C)C. The number of nitrogens with one attached hydrogen (secondary N) is 1. The average Bonchev–Trinajstić information content (AvgIpc) is 2.72. The number of nitrogens with zero attached hydrogens (tertiary/aromatic N) is 1. The Hall–Kier alpha value is -0.120. The molecule has 1 atom stereocenters. The molecule has 0 saturated carbocycles. The van der Waals surface area contributed by atoms with E-state index in [1.807, 2.05) is 0 Å². The van der Waals surface area contributed by atoms with Gasteiger partial charge in [0.15, 0.2) is 0 Å². The van der Waals surface area contributed by atoms with Gasteiger partial charge in [0.2, 0.25) is 0 Å². The van der Waals surface area contributed by atoms with Gasteiger partial charge in [0.1, 0.15) is 0 Å². The van der Waals surface area contributed by atoms with E-state index in [2.05, 4.69) is 31.0 Å². The molecule has 0 amide bonds. The van der Waals surface area contributed by atoms with E-state index in [0.29, 0.717) is 0 Å². The van der Waals surface area contributed by atoms with E-state index < -0.39 is 0 Å². The lowest BCUT2D eigenvalue weighted by atomic mass is 10.2. The van der Waals surface area contributed by atoms with Crippen LogP contribution in [-0.2, 0) is 4.74 Å². The zero-order chi connectivity index (χ0) is 12.5. The monoisotopic (exact) mass is 242 g/mol. The van der Waals surface area contributed by atoms with Crippen molar-refractivity contribution < 1.29 is 4.74 Å². The Morgan fingerprint density at radius 3 is 2.94 bits per heavy atom. The highest BCUT2D eigenvalue weighted by atomic mass is 16.5. The highest BCUT2D eigenvalue weighted by Crippen LogP contribution is 2.16. The summed E-state index contributed by atoms with van der Waals surface area (Å²) in [7, 11) is 0. The molecule has 0 spiro atoms. The first kappa shape index (κ1) is 14.9. The average molecular weight is 242 g/mol. The predicted octanol–water partition coefficient (Wildman–Crippen LogP) is 2.12. The predicted molar refractivity (Wildman–Crippen MR) is 73.4 cm³/mol. The second-order valence-corrected chi connectivity index (χ2v) is 5.43. The van der Waals surface area contributed by atoms with Crippen LogP contribution in [0.5, 0.6) is 0 Å². The summed E-state index contributed by atoms with van der Waals surface area (Å²) < 4.78 is 5.40. The van der Waals surface area contributed by atoms with Gasteiger partial charge in [-0.25, -0.2) is 0 Å². The molecule has 3 nitrogen and oxygen atoms in total. The Morgan fingerprint density at radius 1 is 1.41 bits per heavy atom. The Labute approximate surface area is 107 Å². The van der Waals surface area contributed by atoms with Crippen molar-refractivity contribution >= 4 is 0 Å². The van der Waals surface area contributed by atoms with Gasteiger partial charge in [0, 0.05) is 32.3 Å². The van der Waals surface area contributed by atoms with E-state index in [9.17, 15) is 0 Å². The summed E-state index contributed by atoms with van der Waals surface area (Å²) in [5, 5.41) is 3.59. The minimum Gasteiger partial charge on any atom is -0.382 e. The van der Waals surface area contributed by atoms with Crippen LogP contribution in [0.3, 0.4) is 0 Å². The second-order valence-electron chi connectivity index (χ2n) is 5.43. The molecule has 0 bridgehead atoms. The Kier molecular flexibility index (Phi) is 7.82. The number of hydrogen-bond donors (Lipinski definition) is 1. The molecule has 0 aromatic carbocycles. The molecule has 0 aromatic heterocycles. The van der Waals surface area contributed by atoms with Crippen LogP contribution < -0.4 is 5.32 Å². The number of ether oxygens (including phenoxy) is 1. The Morgan fingerprint density at radius 2 is 2.24 bits per heavy atom. The summed E-state index contributed by atoms with van der Waals surface area (Å²) in [4.78, 5) is 2.63. The first-order chi connectivity index (χ1) is 8.24. The largest absolute Gasteiger partial charge is 0.382 e. The zero-order valence-corrected chi connectivity index (χ0v) is 11.9. The topological polar surface area (TPSA) is 24.5 Å². The van der Waals surface area contributed by atoms with Crippen LogP contribution in [-0.4, -0.2) is 50.3 Å². The fourth-order valence-corrected chi connectivity index (χ4v) is 2.47. The summed E-state index contributed by atoms with van der Waals surface area (Å²) in [5.74, 6) is 0.753. The van der Waals surface area contributed by atoms with Crippen LogP contribution in [0.1, 0.15) is 40.0 Å². The molecule has 17 heavy (non-hydrogen) atoms. The fraction of sp³-hybridized carbons (Fsp3) is 1.00. The fourth-order valence-electron chi connectivity index (χ4n) is 2.47. The van der Waals surface area contributed by atoms with Crippen molar-refractivity contribution in [2.24, 2.45) is 5.92 Å². The molecule has 1 saturated heterocycles. The second kappa shape index (κ2) is 8.90. The molecule has 1 heterocycles. The summed E-state index contributed by atoms with van der Waals surface area (Å²) in [6.07, 6.45) is 3.90. The highest BCUT2D eigenvalue weighted by Gasteiger charge is 2.23. The maximum Gasteiger partial charge on any atom is 0.0478 e. The van der Waals surface area contributed by atoms with E-state index in [4.69, 9.17) is 4.74 Å². The van der Waals surface area contributed by atoms with Gasteiger partial charge in [0.25, 0.3) is 0 Å². The van der Waals surface area contributed by atoms with Gasteiger partial charge in [-0.05, 0) is 45.2 Å². The van der Waals surface area contributed by atoms with Crippen LogP contribution in [0, 0.1) is 5.92 Å². The summed E-state index contributed by atoms with van der Waals surface area (Å²) in [5.41, 5.74) is 0. The third-order valence-electron chi connectivity index (χ3n) is 3.37. The lowest BCUT2D eigenvalue weighted by Crippen LogP contribution is -2.39. The molecule has 1 unspecified atom stereocenters. The van der Waals surface area contributed by atoms with Crippen molar-refractivity contribution in [3.8, 4) is 0 Å². The quantitative estimate of drug-likeness (QED) is 0.627. The van der Waals surface area contributed by atoms with Crippen LogP contribution >= 0.6 is 0 Å². The van der Waals surface area contributed by atoms with E-state index in [1.165, 1.54) is 32.4 Å². The summed E-state index contributed by atoms with van der Waals surface area (Å²) in [6.45, 7) is 13.1. The smallest absolute Gasteiger partial charge is 0.0478 e. The third kappa shape index (κ3) is 6.39. The van der Waals surface area contributed by atoms with E-state index in [-0.39, 0.29) is 0 Å². The molecular formula is C14H30N2O. The van der Waals surface area contributed by atoms with Crippen LogP contribution in [0.15, 0.2) is 0 Å². The van der Waals surface area contributed by atoms with Gasteiger partial charge in [-0.1, -0.05) is 13.8 Å². The first-order valence-corrected chi connectivity index (χ1v) is 7.26.